The summed E-state index contributed by atoms with van der Waals surface area (Å²) in [6.07, 6.45) is 4.57. The minimum atomic E-state index is -3.10. The van der Waals surface area contributed by atoms with Crippen LogP contribution >= 0.6 is 0 Å². The predicted molar refractivity (Wildman–Crippen MR) is 72.1 cm³/mol. The highest BCUT2D eigenvalue weighted by molar-refractivity contribution is 7.91. The third-order valence-electron chi connectivity index (χ3n) is 4.45. The molecular weight excluding hydrogens is 252 g/mol. The van der Waals surface area contributed by atoms with Gasteiger partial charge in [-0.3, -0.25) is 0 Å². The molecule has 1 aliphatic rings. The average molecular weight is 278 g/mol. The largest absolute Gasteiger partial charge is 0.396 e. The summed E-state index contributed by atoms with van der Waals surface area (Å²) in [6, 6.07) is 0. The fourth-order valence-electron chi connectivity index (χ4n) is 2.79. The number of hydrogen-bond acceptors (Lipinski definition) is 4. The molecule has 0 unspecified atom stereocenters. The Morgan fingerprint density at radius 3 is 2.06 bits per heavy atom. The number of hydrogen-bond donors (Lipinski definition) is 2. The molecule has 0 aromatic rings. The standard InChI is InChI=1S/C13H26O4S/c1-11(2)18(16,17)8-7-13(9-14,10-15)12-5-3-4-6-12/h11-12,14-15H,3-10H2,1-2H3. The van der Waals surface area contributed by atoms with Crippen LogP contribution in [0.4, 0.5) is 0 Å². The highest BCUT2D eigenvalue weighted by atomic mass is 32.2. The van der Waals surface area contributed by atoms with Gasteiger partial charge < -0.3 is 10.2 Å². The van der Waals surface area contributed by atoms with E-state index in [1.54, 1.807) is 13.8 Å². The van der Waals surface area contributed by atoms with Gasteiger partial charge in [-0.25, -0.2) is 8.42 Å². The van der Waals surface area contributed by atoms with E-state index in [0.717, 1.165) is 25.7 Å². The Morgan fingerprint density at radius 2 is 1.67 bits per heavy atom. The Kier molecular flexibility index (Phi) is 5.62. The maximum absolute atomic E-state index is 11.9. The maximum atomic E-state index is 11.9. The number of aliphatic hydroxyl groups excluding tert-OH is 2. The lowest BCUT2D eigenvalue weighted by Gasteiger charge is -2.36. The molecule has 1 aliphatic carbocycles. The summed E-state index contributed by atoms with van der Waals surface area (Å²) >= 11 is 0. The Labute approximate surface area is 110 Å². The molecule has 18 heavy (non-hydrogen) atoms. The van der Waals surface area contributed by atoms with Gasteiger partial charge in [0.15, 0.2) is 9.84 Å². The van der Waals surface area contributed by atoms with Gasteiger partial charge in [0.1, 0.15) is 0 Å². The molecule has 1 saturated carbocycles. The minimum Gasteiger partial charge on any atom is -0.396 e. The normalized spacial score (nSPS) is 18.7. The molecule has 2 N–H and O–H groups in total. The molecule has 0 bridgehead atoms. The molecule has 0 spiro atoms. The van der Waals surface area contributed by atoms with E-state index in [1.807, 2.05) is 0 Å². The van der Waals surface area contributed by atoms with E-state index in [0.29, 0.717) is 6.42 Å². The van der Waals surface area contributed by atoms with Crippen LogP contribution in [-0.4, -0.2) is 42.8 Å². The van der Waals surface area contributed by atoms with Crippen LogP contribution in [0, 0.1) is 11.3 Å². The van der Waals surface area contributed by atoms with Crippen LogP contribution in [0.15, 0.2) is 0 Å². The number of rotatable bonds is 7. The van der Waals surface area contributed by atoms with Gasteiger partial charge in [0, 0.05) is 5.41 Å². The summed E-state index contributed by atoms with van der Waals surface area (Å²) in [5, 5.41) is 18.8. The van der Waals surface area contributed by atoms with Crippen molar-refractivity contribution in [2.45, 2.75) is 51.2 Å². The topological polar surface area (TPSA) is 74.6 Å². The number of sulfone groups is 1. The smallest absolute Gasteiger partial charge is 0.152 e. The highest BCUT2D eigenvalue weighted by Gasteiger charge is 2.40. The molecule has 5 heteroatoms. The lowest BCUT2D eigenvalue weighted by atomic mass is 9.73. The van der Waals surface area contributed by atoms with E-state index in [-0.39, 0.29) is 24.9 Å². The molecule has 1 rings (SSSR count). The molecule has 0 aromatic carbocycles. The van der Waals surface area contributed by atoms with Crippen molar-refractivity contribution in [3.05, 3.63) is 0 Å². The summed E-state index contributed by atoms with van der Waals surface area (Å²) in [5.74, 6) is 0.317. The predicted octanol–water partition coefficient (Wildman–Crippen LogP) is 1.36. The van der Waals surface area contributed by atoms with E-state index in [1.165, 1.54) is 0 Å². The first-order chi connectivity index (χ1) is 8.38. The minimum absolute atomic E-state index is 0.0578. The molecule has 0 amide bonds. The second kappa shape index (κ2) is 6.35. The molecule has 0 aliphatic heterocycles. The quantitative estimate of drug-likeness (QED) is 0.737. The summed E-state index contributed by atoms with van der Waals surface area (Å²) in [6.45, 7) is 3.10. The number of aliphatic hydroxyl groups is 2. The van der Waals surface area contributed by atoms with Crippen molar-refractivity contribution in [3.63, 3.8) is 0 Å². The van der Waals surface area contributed by atoms with Gasteiger partial charge in [-0.2, -0.15) is 0 Å². The lowest BCUT2D eigenvalue weighted by molar-refractivity contribution is 0.00304. The Hall–Kier alpha value is -0.130. The van der Waals surface area contributed by atoms with E-state index in [4.69, 9.17) is 0 Å². The molecule has 0 atom stereocenters. The lowest BCUT2D eigenvalue weighted by Crippen LogP contribution is -2.39. The van der Waals surface area contributed by atoms with Crippen molar-refractivity contribution >= 4 is 9.84 Å². The van der Waals surface area contributed by atoms with Crippen molar-refractivity contribution in [1.82, 2.24) is 0 Å². The van der Waals surface area contributed by atoms with Crippen LogP contribution in [0.5, 0.6) is 0 Å². The zero-order valence-electron chi connectivity index (χ0n) is 11.4. The fourth-order valence-corrected chi connectivity index (χ4v) is 3.95. The van der Waals surface area contributed by atoms with Gasteiger partial charge in [0.2, 0.25) is 0 Å². The van der Waals surface area contributed by atoms with Gasteiger partial charge in [-0.1, -0.05) is 12.8 Å². The molecule has 4 nitrogen and oxygen atoms in total. The van der Waals surface area contributed by atoms with Crippen LogP contribution < -0.4 is 0 Å². The Morgan fingerprint density at radius 1 is 1.17 bits per heavy atom. The van der Waals surface area contributed by atoms with Crippen LogP contribution in [0.3, 0.4) is 0 Å². The van der Waals surface area contributed by atoms with Crippen molar-refractivity contribution in [2.75, 3.05) is 19.0 Å². The molecule has 0 heterocycles. The van der Waals surface area contributed by atoms with Gasteiger partial charge in [0.05, 0.1) is 24.2 Å². The maximum Gasteiger partial charge on any atom is 0.152 e. The van der Waals surface area contributed by atoms with Crippen molar-refractivity contribution < 1.29 is 18.6 Å². The van der Waals surface area contributed by atoms with Crippen LogP contribution in [0.1, 0.15) is 46.0 Å². The van der Waals surface area contributed by atoms with Crippen molar-refractivity contribution in [3.8, 4) is 0 Å². The highest BCUT2D eigenvalue weighted by Crippen LogP contribution is 2.42. The first kappa shape index (κ1) is 15.9. The Bertz CT molecular complexity index is 338. The molecule has 108 valence electrons. The zero-order chi connectivity index (χ0) is 13.8. The van der Waals surface area contributed by atoms with Gasteiger partial charge in [-0.05, 0) is 39.0 Å². The van der Waals surface area contributed by atoms with Crippen LogP contribution in [0.25, 0.3) is 0 Å². The monoisotopic (exact) mass is 278 g/mol. The summed E-state index contributed by atoms with van der Waals surface area (Å²) < 4.78 is 23.7. The third-order valence-corrected chi connectivity index (χ3v) is 6.66. The molecule has 0 saturated heterocycles. The molecule has 0 aromatic heterocycles. The average Bonchev–Trinajstić information content (AvgIpc) is 2.85. The van der Waals surface area contributed by atoms with E-state index < -0.39 is 20.5 Å². The fraction of sp³-hybridized carbons (Fsp3) is 1.00. The van der Waals surface area contributed by atoms with Gasteiger partial charge in [-0.15, -0.1) is 0 Å². The van der Waals surface area contributed by atoms with E-state index >= 15 is 0 Å². The van der Waals surface area contributed by atoms with Gasteiger partial charge in [0.25, 0.3) is 0 Å². The SMILES string of the molecule is CC(C)S(=O)(=O)CCC(CO)(CO)C1CCCC1. The molecule has 1 fully saturated rings. The first-order valence-corrected chi connectivity index (χ1v) is 8.53. The third kappa shape index (κ3) is 3.45. The summed E-state index contributed by atoms with van der Waals surface area (Å²) in [4.78, 5) is 0. The van der Waals surface area contributed by atoms with E-state index in [2.05, 4.69) is 0 Å². The summed E-state index contributed by atoms with van der Waals surface area (Å²) in [7, 11) is -3.10. The van der Waals surface area contributed by atoms with E-state index in [9.17, 15) is 18.6 Å². The van der Waals surface area contributed by atoms with Crippen LogP contribution in [0.2, 0.25) is 0 Å². The van der Waals surface area contributed by atoms with Gasteiger partial charge >= 0.3 is 0 Å². The molecule has 0 radical (unpaired) electrons. The Balaban J connectivity index is 2.74. The molecular formula is C13H26O4S. The summed E-state index contributed by atoms with van der Waals surface area (Å²) in [5.41, 5.74) is -0.613. The second-order valence-corrected chi connectivity index (χ2v) is 8.50. The first-order valence-electron chi connectivity index (χ1n) is 6.81. The zero-order valence-corrected chi connectivity index (χ0v) is 12.2. The van der Waals surface area contributed by atoms with Crippen molar-refractivity contribution in [2.24, 2.45) is 11.3 Å². The second-order valence-electron chi connectivity index (χ2n) is 5.83. The van der Waals surface area contributed by atoms with Crippen LogP contribution in [-0.2, 0) is 9.84 Å². The van der Waals surface area contributed by atoms with Crippen molar-refractivity contribution in [1.29, 1.82) is 0 Å².